The molecular weight excluding hydrogens is 322 g/mol. The summed E-state index contributed by atoms with van der Waals surface area (Å²) in [5, 5.41) is 1.53. The maximum atomic E-state index is 12.0. The van der Waals surface area contributed by atoms with Crippen molar-refractivity contribution < 1.29 is 17.9 Å². The van der Waals surface area contributed by atoms with Crippen molar-refractivity contribution in [1.29, 1.82) is 0 Å². The highest BCUT2D eigenvalue weighted by Gasteiger charge is 2.27. The molecule has 0 atom stereocenters. The van der Waals surface area contributed by atoms with E-state index >= 15 is 0 Å². The lowest BCUT2D eigenvalue weighted by molar-refractivity contribution is -0.139. The van der Waals surface area contributed by atoms with Gasteiger partial charge in [-0.1, -0.05) is 23.2 Å². The molecule has 2 nitrogen and oxygen atoms in total. The van der Waals surface area contributed by atoms with Crippen molar-refractivity contribution in [2.75, 3.05) is 6.61 Å². The SMILES string of the molecule is N/C(=C\S)c1cc(Cl)c(OCCC(F)(F)F)c(Cl)c1. The molecule has 0 aliphatic rings. The Kier molecular flexibility index (Phi) is 5.70. The first kappa shape index (κ1) is 16.3. The summed E-state index contributed by atoms with van der Waals surface area (Å²) in [5.74, 6) is 0.00305. The highest BCUT2D eigenvalue weighted by atomic mass is 35.5. The van der Waals surface area contributed by atoms with Crippen molar-refractivity contribution in [2.24, 2.45) is 5.73 Å². The number of hydrogen-bond acceptors (Lipinski definition) is 3. The highest BCUT2D eigenvalue weighted by molar-refractivity contribution is 7.83. The van der Waals surface area contributed by atoms with Crippen LogP contribution >= 0.6 is 35.8 Å². The van der Waals surface area contributed by atoms with Crippen LogP contribution in [0.15, 0.2) is 17.5 Å². The average Bonchev–Trinajstić information content (AvgIpc) is 2.30. The molecule has 1 aromatic rings. The standard InChI is InChI=1S/C11H10Cl2F3NOS/c12-7-3-6(9(17)5-19)4-8(13)10(7)18-2-1-11(14,15)16/h3-5,19H,1-2,17H2/b9-5-. The van der Waals surface area contributed by atoms with Crippen LogP contribution < -0.4 is 10.5 Å². The molecule has 0 aliphatic carbocycles. The van der Waals surface area contributed by atoms with Crippen LogP contribution in [0.1, 0.15) is 12.0 Å². The summed E-state index contributed by atoms with van der Waals surface area (Å²) in [7, 11) is 0. The first-order valence-corrected chi connectivity index (χ1v) is 6.30. The number of nitrogens with two attached hydrogens (primary N) is 1. The predicted octanol–water partition coefficient (Wildman–Crippen LogP) is 4.51. The summed E-state index contributed by atoms with van der Waals surface area (Å²) in [4.78, 5) is 0. The van der Waals surface area contributed by atoms with Gasteiger partial charge in [0.2, 0.25) is 0 Å². The molecule has 19 heavy (non-hydrogen) atoms. The molecule has 8 heteroatoms. The molecule has 0 unspecified atom stereocenters. The van der Waals surface area contributed by atoms with E-state index in [9.17, 15) is 13.2 Å². The van der Waals surface area contributed by atoms with Crippen LogP contribution in [-0.2, 0) is 0 Å². The third kappa shape index (κ3) is 5.04. The Hall–Kier alpha value is -0.720. The van der Waals surface area contributed by atoms with Crippen molar-refractivity contribution >= 4 is 41.5 Å². The summed E-state index contributed by atoms with van der Waals surface area (Å²) in [6.07, 6.45) is -5.38. The topological polar surface area (TPSA) is 35.2 Å². The minimum Gasteiger partial charge on any atom is -0.490 e. The molecule has 0 spiro atoms. The smallest absolute Gasteiger partial charge is 0.392 e. The van der Waals surface area contributed by atoms with Crippen molar-refractivity contribution in [2.45, 2.75) is 12.6 Å². The number of halogens is 5. The molecule has 106 valence electrons. The summed E-state index contributed by atoms with van der Waals surface area (Å²) < 4.78 is 40.9. The van der Waals surface area contributed by atoms with Gasteiger partial charge < -0.3 is 10.5 Å². The minimum absolute atomic E-state index is 0.00305. The number of benzene rings is 1. The second-order valence-electron chi connectivity index (χ2n) is 3.57. The Balaban J connectivity index is 2.86. The van der Waals surface area contributed by atoms with Gasteiger partial charge in [0.05, 0.1) is 23.1 Å². The Bertz CT molecular complexity index is 468. The summed E-state index contributed by atoms with van der Waals surface area (Å²) >= 11 is 15.7. The molecule has 0 saturated heterocycles. The monoisotopic (exact) mass is 331 g/mol. The normalized spacial score (nSPS) is 12.6. The van der Waals surface area contributed by atoms with E-state index in [2.05, 4.69) is 12.6 Å². The van der Waals surface area contributed by atoms with E-state index in [1.54, 1.807) is 0 Å². The Labute approximate surface area is 123 Å². The number of rotatable bonds is 4. The quantitative estimate of drug-likeness (QED) is 0.796. The van der Waals surface area contributed by atoms with Gasteiger partial charge in [0.15, 0.2) is 5.75 Å². The summed E-state index contributed by atoms with van der Waals surface area (Å²) in [6.45, 7) is -0.555. The zero-order valence-electron chi connectivity index (χ0n) is 9.47. The lowest BCUT2D eigenvalue weighted by Crippen LogP contribution is -2.13. The van der Waals surface area contributed by atoms with Gasteiger partial charge in [-0.2, -0.15) is 13.2 Å². The fourth-order valence-electron chi connectivity index (χ4n) is 1.21. The van der Waals surface area contributed by atoms with Crippen molar-refractivity contribution in [3.8, 4) is 5.75 Å². The van der Waals surface area contributed by atoms with Gasteiger partial charge in [0.25, 0.3) is 0 Å². The molecule has 1 rings (SSSR count). The number of hydrogen-bond donors (Lipinski definition) is 2. The van der Waals surface area contributed by atoms with Crippen LogP contribution in [0.25, 0.3) is 5.70 Å². The fraction of sp³-hybridized carbons (Fsp3) is 0.273. The van der Waals surface area contributed by atoms with Crippen LogP contribution in [0.4, 0.5) is 13.2 Å². The van der Waals surface area contributed by atoms with Gasteiger partial charge in [-0.25, -0.2) is 0 Å². The van der Waals surface area contributed by atoms with Gasteiger partial charge >= 0.3 is 6.18 Å². The Morgan fingerprint density at radius 3 is 2.26 bits per heavy atom. The zero-order valence-corrected chi connectivity index (χ0v) is 11.9. The molecule has 1 aromatic carbocycles. The Morgan fingerprint density at radius 2 is 1.84 bits per heavy atom. The predicted molar refractivity (Wildman–Crippen MR) is 73.8 cm³/mol. The number of ether oxygens (including phenoxy) is 1. The van der Waals surface area contributed by atoms with Gasteiger partial charge in [-0.3, -0.25) is 0 Å². The van der Waals surface area contributed by atoms with E-state index in [-0.39, 0.29) is 15.8 Å². The van der Waals surface area contributed by atoms with Gasteiger partial charge in [-0.15, -0.1) is 12.6 Å². The molecule has 0 aliphatic heterocycles. The third-order valence-corrected chi connectivity index (χ3v) is 2.94. The third-order valence-electron chi connectivity index (χ3n) is 2.10. The van der Waals surface area contributed by atoms with Crippen LogP contribution in [0.3, 0.4) is 0 Å². The lowest BCUT2D eigenvalue weighted by atomic mass is 10.2. The van der Waals surface area contributed by atoms with Crippen molar-refractivity contribution in [1.82, 2.24) is 0 Å². The van der Waals surface area contributed by atoms with Crippen LogP contribution in [0.5, 0.6) is 5.75 Å². The summed E-state index contributed by atoms with van der Waals surface area (Å²) in [6, 6.07) is 2.89. The van der Waals surface area contributed by atoms with Crippen LogP contribution in [0, 0.1) is 0 Å². The van der Waals surface area contributed by atoms with Gasteiger partial charge in [0.1, 0.15) is 0 Å². The second-order valence-corrected chi connectivity index (χ2v) is 4.64. The first-order chi connectivity index (χ1) is 8.74. The summed E-state index contributed by atoms with van der Waals surface area (Å²) in [5.41, 5.74) is 6.45. The zero-order chi connectivity index (χ0) is 14.6. The van der Waals surface area contributed by atoms with E-state index in [0.29, 0.717) is 11.3 Å². The maximum Gasteiger partial charge on any atom is 0.392 e. The molecule has 0 aromatic heterocycles. The van der Waals surface area contributed by atoms with Crippen molar-refractivity contribution in [3.05, 3.63) is 33.1 Å². The first-order valence-electron chi connectivity index (χ1n) is 5.03. The minimum atomic E-state index is -4.29. The number of thiol groups is 1. The van der Waals surface area contributed by atoms with E-state index in [0.717, 1.165) is 0 Å². The molecule has 0 bridgehead atoms. The van der Waals surface area contributed by atoms with E-state index in [1.807, 2.05) is 0 Å². The largest absolute Gasteiger partial charge is 0.490 e. The van der Waals surface area contributed by atoms with E-state index in [4.69, 9.17) is 33.7 Å². The molecule has 0 amide bonds. The second kappa shape index (κ2) is 6.63. The molecule has 2 N–H and O–H groups in total. The average molecular weight is 332 g/mol. The molecule has 0 heterocycles. The van der Waals surface area contributed by atoms with Crippen LogP contribution in [0.2, 0.25) is 10.0 Å². The number of alkyl halides is 3. The maximum absolute atomic E-state index is 12.0. The highest BCUT2D eigenvalue weighted by Crippen LogP contribution is 2.36. The molecule has 0 radical (unpaired) electrons. The molecule has 0 fully saturated rings. The van der Waals surface area contributed by atoms with Crippen molar-refractivity contribution in [3.63, 3.8) is 0 Å². The lowest BCUT2D eigenvalue weighted by Gasteiger charge is -2.13. The van der Waals surface area contributed by atoms with Gasteiger partial charge in [-0.05, 0) is 17.5 Å². The molecular formula is C11H10Cl2F3NOS. The van der Waals surface area contributed by atoms with E-state index < -0.39 is 19.2 Å². The molecule has 0 saturated carbocycles. The van der Waals surface area contributed by atoms with Crippen LogP contribution in [-0.4, -0.2) is 12.8 Å². The Morgan fingerprint density at radius 1 is 1.32 bits per heavy atom. The fourth-order valence-corrected chi connectivity index (χ4v) is 1.95. The van der Waals surface area contributed by atoms with Gasteiger partial charge in [0, 0.05) is 11.3 Å². The van der Waals surface area contributed by atoms with E-state index in [1.165, 1.54) is 17.5 Å².